The Hall–Kier alpha value is -0.610. The number of hydrogen-bond acceptors (Lipinski definition) is 2. The Morgan fingerprint density at radius 2 is 1.89 bits per heavy atom. The molecule has 0 radical (unpaired) electrons. The largest absolute Gasteiger partial charge is 0.330 e. The highest BCUT2D eigenvalue weighted by molar-refractivity contribution is 7.99. The molecule has 4 heteroatoms. The molecule has 0 atom stereocenters. The highest BCUT2D eigenvalue weighted by Crippen LogP contribution is 2.25. The van der Waals surface area contributed by atoms with Crippen LogP contribution in [0.3, 0.4) is 0 Å². The summed E-state index contributed by atoms with van der Waals surface area (Å²) in [5, 5.41) is 0. The van der Waals surface area contributed by atoms with Crippen LogP contribution in [0.1, 0.15) is 33.1 Å². The summed E-state index contributed by atoms with van der Waals surface area (Å²) >= 11 is 1.56. The maximum absolute atomic E-state index is 13.0. The van der Waals surface area contributed by atoms with Crippen LogP contribution in [0.15, 0.2) is 23.1 Å². The first-order valence-electron chi connectivity index (χ1n) is 6.22. The predicted molar refractivity (Wildman–Crippen MR) is 73.8 cm³/mol. The van der Waals surface area contributed by atoms with Gasteiger partial charge in [0.15, 0.2) is 11.6 Å². The van der Waals surface area contributed by atoms with E-state index in [4.69, 9.17) is 5.73 Å². The van der Waals surface area contributed by atoms with Crippen molar-refractivity contribution < 1.29 is 8.78 Å². The van der Waals surface area contributed by atoms with Crippen LogP contribution in [0.4, 0.5) is 8.78 Å². The molecule has 0 unspecified atom stereocenters. The number of hydrogen-bond donors (Lipinski definition) is 1. The molecule has 1 nitrogen and oxygen atoms in total. The van der Waals surface area contributed by atoms with Crippen LogP contribution in [0.5, 0.6) is 0 Å². The normalized spacial score (nSPS) is 11.8. The van der Waals surface area contributed by atoms with E-state index in [1.807, 2.05) is 0 Å². The minimum atomic E-state index is -0.788. The highest BCUT2D eigenvalue weighted by Gasteiger charge is 2.14. The molecule has 0 spiro atoms. The van der Waals surface area contributed by atoms with E-state index < -0.39 is 11.6 Å². The average molecular weight is 273 g/mol. The van der Waals surface area contributed by atoms with Crippen LogP contribution in [-0.2, 0) is 0 Å². The van der Waals surface area contributed by atoms with Crippen LogP contribution in [0, 0.1) is 17.0 Å². The van der Waals surface area contributed by atoms with Crippen molar-refractivity contribution in [3.63, 3.8) is 0 Å². The van der Waals surface area contributed by atoms with Crippen LogP contribution in [0.25, 0.3) is 0 Å². The Morgan fingerprint density at radius 3 is 2.50 bits per heavy atom. The SMILES string of the molecule is CC(C)(CN)CCCCSc1ccc(F)c(F)c1. The maximum atomic E-state index is 13.0. The van der Waals surface area contributed by atoms with E-state index in [1.54, 1.807) is 17.8 Å². The topological polar surface area (TPSA) is 26.0 Å². The zero-order valence-electron chi connectivity index (χ0n) is 11.0. The molecule has 0 bridgehead atoms. The molecule has 0 aromatic heterocycles. The molecule has 0 saturated heterocycles. The van der Waals surface area contributed by atoms with Crippen molar-refractivity contribution in [1.82, 2.24) is 0 Å². The van der Waals surface area contributed by atoms with Crippen molar-refractivity contribution >= 4 is 11.8 Å². The summed E-state index contributed by atoms with van der Waals surface area (Å²) in [7, 11) is 0. The second kappa shape index (κ2) is 7.10. The van der Waals surface area contributed by atoms with Crippen molar-refractivity contribution in [3.8, 4) is 0 Å². The van der Waals surface area contributed by atoms with Gasteiger partial charge in [-0.15, -0.1) is 11.8 Å². The van der Waals surface area contributed by atoms with Crippen molar-refractivity contribution in [2.24, 2.45) is 11.1 Å². The van der Waals surface area contributed by atoms with E-state index in [0.717, 1.165) is 29.9 Å². The number of thioether (sulfide) groups is 1. The van der Waals surface area contributed by atoms with Crippen LogP contribution >= 0.6 is 11.8 Å². The second-order valence-corrected chi connectivity index (χ2v) is 6.42. The molecule has 0 aliphatic heterocycles. The Kier molecular flexibility index (Phi) is 6.09. The fourth-order valence-electron chi connectivity index (χ4n) is 1.56. The van der Waals surface area contributed by atoms with Crippen molar-refractivity contribution in [1.29, 1.82) is 0 Å². The minimum Gasteiger partial charge on any atom is -0.330 e. The van der Waals surface area contributed by atoms with Gasteiger partial charge in [0.1, 0.15) is 0 Å². The summed E-state index contributed by atoms with van der Waals surface area (Å²) in [6.45, 7) is 5.02. The van der Waals surface area contributed by atoms with E-state index in [2.05, 4.69) is 13.8 Å². The van der Waals surface area contributed by atoms with E-state index in [9.17, 15) is 8.78 Å². The van der Waals surface area contributed by atoms with E-state index >= 15 is 0 Å². The smallest absolute Gasteiger partial charge is 0.159 e. The van der Waals surface area contributed by atoms with Gasteiger partial charge in [-0.2, -0.15) is 0 Å². The molecular weight excluding hydrogens is 252 g/mol. The Balaban J connectivity index is 2.24. The Labute approximate surface area is 112 Å². The lowest BCUT2D eigenvalue weighted by Crippen LogP contribution is -2.23. The van der Waals surface area contributed by atoms with E-state index in [-0.39, 0.29) is 5.41 Å². The molecule has 1 rings (SSSR count). The molecule has 1 aromatic rings. The number of rotatable bonds is 7. The highest BCUT2D eigenvalue weighted by atomic mass is 32.2. The standard InChI is InChI=1S/C14H21F2NS/c1-14(2,10-17)7-3-4-8-18-11-5-6-12(15)13(16)9-11/h5-6,9H,3-4,7-8,10,17H2,1-2H3. The van der Waals surface area contributed by atoms with E-state index in [0.29, 0.717) is 6.54 Å². The first-order valence-corrected chi connectivity index (χ1v) is 7.21. The van der Waals surface area contributed by atoms with Gasteiger partial charge in [0, 0.05) is 4.90 Å². The summed E-state index contributed by atoms with van der Waals surface area (Å²) < 4.78 is 25.7. The third-order valence-electron chi connectivity index (χ3n) is 2.96. The lowest BCUT2D eigenvalue weighted by Gasteiger charge is -2.21. The molecule has 0 amide bonds. The van der Waals surface area contributed by atoms with E-state index in [1.165, 1.54) is 12.1 Å². The van der Waals surface area contributed by atoms with Gasteiger partial charge in [0.25, 0.3) is 0 Å². The molecule has 0 saturated carbocycles. The molecule has 2 N–H and O–H groups in total. The lowest BCUT2D eigenvalue weighted by atomic mass is 9.88. The molecule has 0 heterocycles. The van der Waals surface area contributed by atoms with Gasteiger partial charge in [-0.25, -0.2) is 8.78 Å². The summed E-state index contributed by atoms with van der Waals surface area (Å²) in [6, 6.07) is 4.05. The minimum absolute atomic E-state index is 0.201. The Bertz CT molecular complexity index is 380. The van der Waals surface area contributed by atoms with Gasteiger partial charge in [0.05, 0.1) is 0 Å². The van der Waals surface area contributed by atoms with Crippen LogP contribution in [-0.4, -0.2) is 12.3 Å². The number of nitrogens with two attached hydrogens (primary N) is 1. The molecule has 102 valence electrons. The maximum Gasteiger partial charge on any atom is 0.159 e. The van der Waals surface area contributed by atoms with Gasteiger partial charge in [-0.1, -0.05) is 20.3 Å². The van der Waals surface area contributed by atoms with Crippen LogP contribution in [0.2, 0.25) is 0 Å². The van der Waals surface area contributed by atoms with Crippen LogP contribution < -0.4 is 5.73 Å². The zero-order chi connectivity index (χ0) is 13.6. The Morgan fingerprint density at radius 1 is 1.17 bits per heavy atom. The first kappa shape index (κ1) is 15.4. The average Bonchev–Trinajstić information content (AvgIpc) is 2.33. The summed E-state index contributed by atoms with van der Waals surface area (Å²) in [5.74, 6) is -0.639. The molecule has 0 aliphatic rings. The molecule has 1 aromatic carbocycles. The fraction of sp³-hybridized carbons (Fsp3) is 0.571. The number of unbranched alkanes of at least 4 members (excludes halogenated alkanes) is 1. The predicted octanol–water partition coefficient (Wildman–Crippen LogP) is 4.21. The molecule has 18 heavy (non-hydrogen) atoms. The van der Waals surface area contributed by atoms with Gasteiger partial charge in [-0.05, 0) is 48.8 Å². The van der Waals surface area contributed by atoms with Gasteiger partial charge in [-0.3, -0.25) is 0 Å². The molecular formula is C14H21F2NS. The summed E-state index contributed by atoms with van der Waals surface area (Å²) in [4.78, 5) is 0.784. The third kappa shape index (κ3) is 5.36. The third-order valence-corrected chi connectivity index (χ3v) is 4.04. The zero-order valence-corrected chi connectivity index (χ0v) is 11.8. The monoisotopic (exact) mass is 273 g/mol. The quantitative estimate of drug-likeness (QED) is 0.595. The van der Waals surface area contributed by atoms with Gasteiger partial charge < -0.3 is 5.73 Å². The lowest BCUT2D eigenvalue weighted by molar-refractivity contribution is 0.336. The van der Waals surface area contributed by atoms with Gasteiger partial charge in [0.2, 0.25) is 0 Å². The van der Waals surface area contributed by atoms with Crippen molar-refractivity contribution in [2.75, 3.05) is 12.3 Å². The summed E-state index contributed by atoms with van der Waals surface area (Å²) in [5.41, 5.74) is 5.86. The number of benzene rings is 1. The molecule has 0 aliphatic carbocycles. The first-order chi connectivity index (χ1) is 8.44. The summed E-state index contributed by atoms with van der Waals surface area (Å²) in [6.07, 6.45) is 3.27. The van der Waals surface area contributed by atoms with Gasteiger partial charge >= 0.3 is 0 Å². The second-order valence-electron chi connectivity index (χ2n) is 5.25. The van der Waals surface area contributed by atoms with Crippen molar-refractivity contribution in [3.05, 3.63) is 29.8 Å². The number of halogens is 2. The molecule has 0 fully saturated rings. The van der Waals surface area contributed by atoms with Crippen molar-refractivity contribution in [2.45, 2.75) is 38.0 Å². The fourth-order valence-corrected chi connectivity index (χ4v) is 2.50.